The Hall–Kier alpha value is 0.270. The third-order valence-corrected chi connectivity index (χ3v) is 4.34. The molecule has 3 heteroatoms. The lowest BCUT2D eigenvalue weighted by Gasteiger charge is -2.32. The van der Waals surface area contributed by atoms with E-state index < -0.39 is 0 Å². The van der Waals surface area contributed by atoms with E-state index in [2.05, 4.69) is 37.4 Å². The molecule has 0 aromatic carbocycles. The van der Waals surface area contributed by atoms with Crippen LogP contribution in [0.2, 0.25) is 0 Å². The lowest BCUT2D eigenvalue weighted by Crippen LogP contribution is -2.44. The van der Waals surface area contributed by atoms with Crippen LogP contribution in [0.5, 0.6) is 0 Å². The highest BCUT2D eigenvalue weighted by Crippen LogP contribution is 2.20. The smallest absolute Gasteiger partial charge is 0.0225 e. The predicted octanol–water partition coefficient (Wildman–Crippen LogP) is 1.81. The van der Waals surface area contributed by atoms with Crippen molar-refractivity contribution in [2.75, 3.05) is 32.9 Å². The molecule has 0 aromatic rings. The minimum Gasteiger partial charge on any atom is -0.313 e. The number of likely N-dealkylation sites (tertiary alicyclic amines) is 1. The van der Waals surface area contributed by atoms with E-state index in [9.17, 15) is 0 Å². The monoisotopic (exact) mass is 216 g/mol. The maximum absolute atomic E-state index is 3.69. The van der Waals surface area contributed by atoms with E-state index in [1.54, 1.807) is 0 Å². The fourth-order valence-corrected chi connectivity index (χ4v) is 1.90. The number of nitrogens with zero attached hydrogens (tertiary/aromatic N) is 1. The number of hydrogen-bond donors (Lipinski definition) is 1. The van der Waals surface area contributed by atoms with Crippen molar-refractivity contribution in [2.24, 2.45) is 0 Å². The van der Waals surface area contributed by atoms with Crippen molar-refractivity contribution in [3.8, 4) is 0 Å². The first kappa shape index (κ1) is 12.3. The van der Waals surface area contributed by atoms with Gasteiger partial charge in [-0.25, -0.2) is 0 Å². The number of nitrogens with one attached hydrogen (secondary N) is 1. The Morgan fingerprint density at radius 3 is 2.43 bits per heavy atom. The summed E-state index contributed by atoms with van der Waals surface area (Å²) >= 11 is 1.94. The molecule has 0 amide bonds. The summed E-state index contributed by atoms with van der Waals surface area (Å²) in [7, 11) is 2.21. The Bertz CT molecular complexity index is 163. The average molecular weight is 216 g/mol. The van der Waals surface area contributed by atoms with E-state index in [0.717, 1.165) is 12.6 Å². The van der Waals surface area contributed by atoms with Gasteiger partial charge in [-0.3, -0.25) is 0 Å². The normalized spacial score (nSPS) is 21.4. The second-order valence-electron chi connectivity index (χ2n) is 4.92. The maximum atomic E-state index is 3.69. The molecule has 14 heavy (non-hydrogen) atoms. The van der Waals surface area contributed by atoms with Crippen LogP contribution in [-0.4, -0.2) is 48.6 Å². The summed E-state index contributed by atoms with van der Waals surface area (Å²) in [5.41, 5.74) is 0. The number of hydrogen-bond acceptors (Lipinski definition) is 3. The highest BCUT2D eigenvalue weighted by molar-refractivity contribution is 7.99. The molecule has 1 heterocycles. The Balaban J connectivity index is 2.19. The van der Waals surface area contributed by atoms with Crippen molar-refractivity contribution in [3.63, 3.8) is 0 Å². The van der Waals surface area contributed by atoms with Crippen LogP contribution >= 0.6 is 11.8 Å². The van der Waals surface area contributed by atoms with Gasteiger partial charge in [0, 0.05) is 17.3 Å². The molecule has 84 valence electrons. The predicted molar refractivity (Wildman–Crippen MR) is 66.1 cm³/mol. The van der Waals surface area contributed by atoms with Crippen molar-refractivity contribution in [2.45, 2.75) is 37.5 Å². The molecule has 1 aliphatic rings. The SMILES string of the molecule is CSC(C)(C)CNC1CCN(C)CC1. The second kappa shape index (κ2) is 5.38. The second-order valence-corrected chi connectivity index (χ2v) is 6.44. The van der Waals surface area contributed by atoms with Crippen molar-refractivity contribution >= 4 is 11.8 Å². The molecular formula is C11H24N2S. The largest absolute Gasteiger partial charge is 0.313 e. The zero-order chi connectivity index (χ0) is 10.6. The van der Waals surface area contributed by atoms with Crippen molar-refractivity contribution in [1.29, 1.82) is 0 Å². The molecule has 0 aliphatic carbocycles. The summed E-state index contributed by atoms with van der Waals surface area (Å²) in [6, 6.07) is 0.748. The minimum atomic E-state index is 0.378. The summed E-state index contributed by atoms with van der Waals surface area (Å²) in [4.78, 5) is 2.41. The molecule has 0 unspecified atom stereocenters. The molecule has 1 N–H and O–H groups in total. The maximum Gasteiger partial charge on any atom is 0.0225 e. The van der Waals surface area contributed by atoms with Gasteiger partial charge in [0.05, 0.1) is 0 Å². The zero-order valence-electron chi connectivity index (χ0n) is 9.97. The molecule has 0 bridgehead atoms. The van der Waals surface area contributed by atoms with Crippen molar-refractivity contribution in [3.05, 3.63) is 0 Å². The van der Waals surface area contributed by atoms with E-state index in [1.165, 1.54) is 25.9 Å². The van der Waals surface area contributed by atoms with Gasteiger partial charge in [-0.15, -0.1) is 0 Å². The van der Waals surface area contributed by atoms with Gasteiger partial charge in [0.15, 0.2) is 0 Å². The van der Waals surface area contributed by atoms with Gasteiger partial charge in [-0.2, -0.15) is 11.8 Å². The van der Waals surface area contributed by atoms with Gasteiger partial charge in [0.2, 0.25) is 0 Å². The van der Waals surface area contributed by atoms with Crippen molar-refractivity contribution < 1.29 is 0 Å². The van der Waals surface area contributed by atoms with Crippen LogP contribution in [-0.2, 0) is 0 Å². The lowest BCUT2D eigenvalue weighted by atomic mass is 10.0. The Morgan fingerprint density at radius 2 is 1.93 bits per heavy atom. The fourth-order valence-electron chi connectivity index (χ4n) is 1.68. The van der Waals surface area contributed by atoms with Crippen LogP contribution < -0.4 is 5.32 Å². The quantitative estimate of drug-likeness (QED) is 0.771. The van der Waals surface area contributed by atoms with E-state index in [0.29, 0.717) is 4.75 Å². The molecule has 1 saturated heterocycles. The highest BCUT2D eigenvalue weighted by Gasteiger charge is 2.20. The Kier molecular flexibility index (Phi) is 4.74. The first-order valence-corrected chi connectivity index (χ1v) is 6.73. The molecule has 1 aliphatic heterocycles. The van der Waals surface area contributed by atoms with Gasteiger partial charge in [0.1, 0.15) is 0 Å². The summed E-state index contributed by atoms with van der Waals surface area (Å²) in [6.07, 6.45) is 4.80. The lowest BCUT2D eigenvalue weighted by molar-refractivity contribution is 0.233. The first-order chi connectivity index (χ1) is 6.53. The average Bonchev–Trinajstić information content (AvgIpc) is 2.17. The van der Waals surface area contributed by atoms with E-state index in [4.69, 9.17) is 0 Å². The number of rotatable bonds is 4. The summed E-state index contributed by atoms with van der Waals surface area (Å²) in [6.45, 7) is 8.23. The van der Waals surface area contributed by atoms with Crippen LogP contribution in [0.4, 0.5) is 0 Å². The van der Waals surface area contributed by atoms with E-state index in [1.807, 2.05) is 11.8 Å². The minimum absolute atomic E-state index is 0.378. The zero-order valence-corrected chi connectivity index (χ0v) is 10.8. The van der Waals surface area contributed by atoms with Crippen LogP contribution in [0.25, 0.3) is 0 Å². The van der Waals surface area contributed by atoms with Crippen molar-refractivity contribution in [1.82, 2.24) is 10.2 Å². The number of thioether (sulfide) groups is 1. The molecule has 2 nitrogen and oxygen atoms in total. The molecule has 0 spiro atoms. The molecule has 0 aromatic heterocycles. The van der Waals surface area contributed by atoms with E-state index in [-0.39, 0.29) is 0 Å². The number of piperidine rings is 1. The standard InChI is InChI=1S/C11H24N2S/c1-11(2,14-4)9-12-10-5-7-13(3)8-6-10/h10,12H,5-9H2,1-4H3. The van der Waals surface area contributed by atoms with Gasteiger partial charge in [-0.1, -0.05) is 0 Å². The van der Waals surface area contributed by atoms with Crippen LogP contribution in [0.3, 0.4) is 0 Å². The van der Waals surface area contributed by atoms with Gasteiger partial charge in [-0.05, 0) is 53.1 Å². The molecule has 0 saturated carbocycles. The molecule has 0 radical (unpaired) electrons. The molecule has 0 atom stereocenters. The first-order valence-electron chi connectivity index (χ1n) is 5.50. The summed E-state index contributed by atoms with van der Waals surface area (Å²) < 4.78 is 0.378. The molecular weight excluding hydrogens is 192 g/mol. The molecule has 1 rings (SSSR count). The Morgan fingerprint density at radius 1 is 1.36 bits per heavy atom. The van der Waals surface area contributed by atoms with Crippen LogP contribution in [0.1, 0.15) is 26.7 Å². The summed E-state index contributed by atoms with van der Waals surface area (Å²) in [5, 5.41) is 3.69. The van der Waals surface area contributed by atoms with Crippen LogP contribution in [0.15, 0.2) is 0 Å². The third kappa shape index (κ3) is 4.20. The Labute approximate surface area is 92.8 Å². The van der Waals surface area contributed by atoms with Gasteiger partial charge in [0.25, 0.3) is 0 Å². The highest BCUT2D eigenvalue weighted by atomic mass is 32.2. The van der Waals surface area contributed by atoms with Crippen LogP contribution in [0, 0.1) is 0 Å². The topological polar surface area (TPSA) is 15.3 Å². The fraction of sp³-hybridized carbons (Fsp3) is 1.00. The van der Waals surface area contributed by atoms with Gasteiger partial charge >= 0.3 is 0 Å². The summed E-state index contributed by atoms with van der Waals surface area (Å²) in [5.74, 6) is 0. The van der Waals surface area contributed by atoms with Gasteiger partial charge < -0.3 is 10.2 Å². The molecule has 1 fully saturated rings. The third-order valence-electron chi connectivity index (χ3n) is 3.09. The van der Waals surface area contributed by atoms with E-state index >= 15 is 0 Å².